The van der Waals surface area contributed by atoms with Crippen molar-refractivity contribution in [1.82, 2.24) is 20.8 Å². The summed E-state index contributed by atoms with van der Waals surface area (Å²) in [5.74, 6) is 0.676. The molecule has 1 unspecified atom stereocenters. The Kier molecular flexibility index (Phi) is 5.92. The van der Waals surface area contributed by atoms with Gasteiger partial charge in [-0.1, -0.05) is 6.92 Å². The summed E-state index contributed by atoms with van der Waals surface area (Å²) in [6, 6.07) is 4.17. The van der Waals surface area contributed by atoms with Gasteiger partial charge in [0, 0.05) is 25.7 Å². The van der Waals surface area contributed by atoms with Crippen LogP contribution in [0.1, 0.15) is 43.6 Å². The van der Waals surface area contributed by atoms with Gasteiger partial charge in [-0.15, -0.1) is 10.2 Å². The van der Waals surface area contributed by atoms with Gasteiger partial charge in [0.15, 0.2) is 11.5 Å². The molecule has 1 saturated heterocycles. The molecule has 1 aliphatic heterocycles. The first kappa shape index (κ1) is 15.7. The number of carbonyl (C=O) groups is 1. The van der Waals surface area contributed by atoms with Crippen molar-refractivity contribution < 1.29 is 4.79 Å². The van der Waals surface area contributed by atoms with Gasteiger partial charge in [-0.05, 0) is 44.9 Å². The molecule has 2 heterocycles. The van der Waals surface area contributed by atoms with E-state index in [0.717, 1.165) is 31.9 Å². The highest BCUT2D eigenvalue weighted by molar-refractivity contribution is 5.92. The van der Waals surface area contributed by atoms with Gasteiger partial charge >= 0.3 is 0 Å². The predicted molar refractivity (Wildman–Crippen MR) is 83.6 cm³/mol. The fourth-order valence-electron chi connectivity index (χ4n) is 2.61. The maximum atomic E-state index is 11.7. The first-order chi connectivity index (χ1) is 10.2. The van der Waals surface area contributed by atoms with Crippen LogP contribution >= 0.6 is 0 Å². The highest BCUT2D eigenvalue weighted by Gasteiger charge is 2.19. The number of hydrogen-bond acceptors (Lipinski definition) is 5. The Bertz CT molecular complexity index is 442. The molecule has 0 aromatic carbocycles. The first-order valence-corrected chi connectivity index (χ1v) is 7.84. The largest absolute Gasteiger partial charge is 0.354 e. The van der Waals surface area contributed by atoms with Crippen molar-refractivity contribution in [1.29, 1.82) is 0 Å². The van der Waals surface area contributed by atoms with Crippen LogP contribution in [-0.2, 0) is 0 Å². The zero-order chi connectivity index (χ0) is 15.1. The molecule has 21 heavy (non-hydrogen) atoms. The second-order valence-electron chi connectivity index (χ2n) is 5.38. The second kappa shape index (κ2) is 7.93. The molecular formula is C15H25N5O. The van der Waals surface area contributed by atoms with Crippen LogP contribution in [0.25, 0.3) is 0 Å². The van der Waals surface area contributed by atoms with E-state index in [1.54, 1.807) is 6.07 Å². The molecule has 1 aliphatic rings. The van der Waals surface area contributed by atoms with Crippen LogP contribution in [0.3, 0.4) is 0 Å². The highest BCUT2D eigenvalue weighted by Crippen LogP contribution is 2.14. The number of nitrogens with one attached hydrogen (secondary N) is 2. The zero-order valence-electron chi connectivity index (χ0n) is 12.9. The Labute approximate surface area is 126 Å². The van der Waals surface area contributed by atoms with Crippen LogP contribution in [0.2, 0.25) is 0 Å². The standard InChI is InChI=1S/C15H25N5O/c1-3-10-20(11-12-6-5-9-17-12)14-8-7-13(18-19-14)15(21)16-4-2/h7-8,12,17H,3-6,9-11H2,1-2H3,(H,16,21). The molecular weight excluding hydrogens is 266 g/mol. The van der Waals surface area contributed by atoms with E-state index in [1.807, 2.05) is 13.0 Å². The minimum atomic E-state index is -0.170. The van der Waals surface area contributed by atoms with E-state index in [1.165, 1.54) is 12.8 Å². The van der Waals surface area contributed by atoms with Crippen LogP contribution in [0.5, 0.6) is 0 Å². The number of aromatic nitrogens is 2. The molecule has 6 nitrogen and oxygen atoms in total. The van der Waals surface area contributed by atoms with Crippen molar-refractivity contribution >= 4 is 11.7 Å². The lowest BCUT2D eigenvalue weighted by Crippen LogP contribution is -2.38. The molecule has 1 aromatic heterocycles. The van der Waals surface area contributed by atoms with Crippen LogP contribution in [-0.4, -0.2) is 48.3 Å². The van der Waals surface area contributed by atoms with Gasteiger partial charge in [0.2, 0.25) is 0 Å². The van der Waals surface area contributed by atoms with Gasteiger partial charge in [-0.25, -0.2) is 0 Å². The highest BCUT2D eigenvalue weighted by atomic mass is 16.1. The molecule has 2 rings (SSSR count). The summed E-state index contributed by atoms with van der Waals surface area (Å²) in [6.45, 7) is 7.64. The third-order valence-electron chi connectivity index (χ3n) is 3.64. The lowest BCUT2D eigenvalue weighted by molar-refractivity contribution is 0.0950. The molecule has 1 atom stereocenters. The summed E-state index contributed by atoms with van der Waals surface area (Å²) < 4.78 is 0. The normalized spacial score (nSPS) is 17.7. The molecule has 0 aliphatic carbocycles. The van der Waals surface area contributed by atoms with Crippen molar-refractivity contribution in [3.8, 4) is 0 Å². The van der Waals surface area contributed by atoms with Gasteiger partial charge in [0.25, 0.3) is 5.91 Å². The molecule has 0 spiro atoms. The van der Waals surface area contributed by atoms with Gasteiger partial charge in [-0.3, -0.25) is 4.79 Å². The monoisotopic (exact) mass is 291 g/mol. The molecule has 0 bridgehead atoms. The predicted octanol–water partition coefficient (Wildman–Crippen LogP) is 1.19. The lowest BCUT2D eigenvalue weighted by atomic mass is 10.2. The second-order valence-corrected chi connectivity index (χ2v) is 5.38. The summed E-state index contributed by atoms with van der Waals surface area (Å²) in [5, 5.41) is 14.5. The maximum Gasteiger partial charge on any atom is 0.271 e. The van der Waals surface area contributed by atoms with Crippen molar-refractivity contribution in [2.75, 3.05) is 31.1 Å². The molecule has 1 fully saturated rings. The SMILES string of the molecule is CCCN(CC1CCCN1)c1ccc(C(=O)NCC)nn1. The van der Waals surface area contributed by atoms with Crippen molar-refractivity contribution in [2.45, 2.75) is 39.2 Å². The van der Waals surface area contributed by atoms with Crippen LogP contribution in [0.4, 0.5) is 5.82 Å². The van der Waals surface area contributed by atoms with Crippen molar-refractivity contribution in [3.63, 3.8) is 0 Å². The number of carbonyl (C=O) groups excluding carboxylic acids is 1. The van der Waals surface area contributed by atoms with E-state index in [0.29, 0.717) is 18.3 Å². The summed E-state index contributed by atoms with van der Waals surface area (Å²) in [4.78, 5) is 13.9. The Balaban J connectivity index is 2.03. The molecule has 2 N–H and O–H groups in total. The molecule has 116 valence electrons. The molecule has 1 aromatic rings. The summed E-state index contributed by atoms with van der Waals surface area (Å²) in [6.07, 6.45) is 3.52. The zero-order valence-corrected chi connectivity index (χ0v) is 12.9. The van der Waals surface area contributed by atoms with Crippen LogP contribution in [0.15, 0.2) is 12.1 Å². The maximum absolute atomic E-state index is 11.7. The third kappa shape index (κ3) is 4.39. The van der Waals surface area contributed by atoms with E-state index >= 15 is 0 Å². The summed E-state index contributed by atoms with van der Waals surface area (Å²) >= 11 is 0. The summed E-state index contributed by atoms with van der Waals surface area (Å²) in [5.41, 5.74) is 0.371. The quantitative estimate of drug-likeness (QED) is 0.790. The fraction of sp³-hybridized carbons (Fsp3) is 0.667. The Morgan fingerprint density at radius 2 is 2.29 bits per heavy atom. The van der Waals surface area contributed by atoms with E-state index in [4.69, 9.17) is 0 Å². The minimum absolute atomic E-state index is 0.170. The van der Waals surface area contributed by atoms with E-state index in [9.17, 15) is 4.79 Å². The van der Waals surface area contributed by atoms with Crippen LogP contribution < -0.4 is 15.5 Å². The molecule has 1 amide bonds. The fourth-order valence-corrected chi connectivity index (χ4v) is 2.61. The smallest absolute Gasteiger partial charge is 0.271 e. The van der Waals surface area contributed by atoms with Gasteiger partial charge in [0.1, 0.15) is 0 Å². The minimum Gasteiger partial charge on any atom is -0.354 e. The number of anilines is 1. The number of hydrogen-bond donors (Lipinski definition) is 2. The topological polar surface area (TPSA) is 70.2 Å². The van der Waals surface area contributed by atoms with Crippen molar-refractivity contribution in [3.05, 3.63) is 17.8 Å². The number of amides is 1. The Hall–Kier alpha value is -1.69. The first-order valence-electron chi connectivity index (χ1n) is 7.84. The average molecular weight is 291 g/mol. The average Bonchev–Trinajstić information content (AvgIpc) is 3.00. The van der Waals surface area contributed by atoms with E-state index in [2.05, 4.69) is 32.7 Å². The molecule has 6 heteroatoms. The van der Waals surface area contributed by atoms with Crippen LogP contribution in [0, 0.1) is 0 Å². The molecule has 0 radical (unpaired) electrons. The number of rotatable bonds is 7. The van der Waals surface area contributed by atoms with Gasteiger partial charge in [0.05, 0.1) is 0 Å². The Morgan fingerprint density at radius 3 is 2.86 bits per heavy atom. The summed E-state index contributed by atoms with van der Waals surface area (Å²) in [7, 11) is 0. The van der Waals surface area contributed by atoms with E-state index in [-0.39, 0.29) is 5.91 Å². The van der Waals surface area contributed by atoms with E-state index < -0.39 is 0 Å². The lowest BCUT2D eigenvalue weighted by Gasteiger charge is -2.26. The van der Waals surface area contributed by atoms with Gasteiger partial charge < -0.3 is 15.5 Å². The van der Waals surface area contributed by atoms with Gasteiger partial charge in [-0.2, -0.15) is 0 Å². The molecule has 0 saturated carbocycles. The Morgan fingerprint density at radius 1 is 1.43 bits per heavy atom. The third-order valence-corrected chi connectivity index (χ3v) is 3.64. The number of nitrogens with zero attached hydrogens (tertiary/aromatic N) is 3. The van der Waals surface area contributed by atoms with Crippen molar-refractivity contribution in [2.24, 2.45) is 0 Å².